The van der Waals surface area contributed by atoms with Gasteiger partial charge in [-0.1, -0.05) is 73.5 Å². The Balaban J connectivity index is 0.000000791. The van der Waals surface area contributed by atoms with Crippen molar-refractivity contribution in [3.05, 3.63) is 59.7 Å². The van der Waals surface area contributed by atoms with Gasteiger partial charge in [0.1, 0.15) is 0 Å². The van der Waals surface area contributed by atoms with Crippen molar-refractivity contribution in [2.75, 3.05) is 0 Å². The molecule has 0 atom stereocenters. The zero-order valence-electron chi connectivity index (χ0n) is 9.62. The van der Waals surface area contributed by atoms with Gasteiger partial charge in [-0.3, -0.25) is 0 Å². The summed E-state index contributed by atoms with van der Waals surface area (Å²) in [5.41, 5.74) is 2.55. The molecule has 0 N–H and O–H groups in total. The maximum absolute atomic E-state index is 2.12. The van der Waals surface area contributed by atoms with Crippen LogP contribution in [0.5, 0.6) is 0 Å². The van der Waals surface area contributed by atoms with Crippen molar-refractivity contribution >= 4 is 0 Å². The molecule has 0 heteroatoms. The molecule has 0 aliphatic rings. The van der Waals surface area contributed by atoms with Gasteiger partial charge in [0.05, 0.1) is 0 Å². The van der Waals surface area contributed by atoms with E-state index < -0.39 is 0 Å². The van der Waals surface area contributed by atoms with Crippen LogP contribution in [0.4, 0.5) is 0 Å². The maximum Gasteiger partial charge on any atom is -0.0398 e. The summed E-state index contributed by atoms with van der Waals surface area (Å²) in [4.78, 5) is 0. The third kappa shape index (κ3) is 6.24. The molecule has 0 radical (unpaired) electrons. The summed E-state index contributed by atoms with van der Waals surface area (Å²) in [5.74, 6) is 0. The average molecular weight is 188 g/mol. The summed E-state index contributed by atoms with van der Waals surface area (Å²) in [6, 6.07) is 16.6. The van der Waals surface area contributed by atoms with E-state index in [-0.39, 0.29) is 0 Å². The molecular weight excluding hydrogens is 168 g/mol. The molecule has 0 aromatic heterocycles. The maximum atomic E-state index is 2.12. The van der Waals surface area contributed by atoms with Crippen molar-refractivity contribution in [3.63, 3.8) is 0 Å². The first-order valence-corrected chi connectivity index (χ1v) is 5.15. The van der Waals surface area contributed by atoms with Gasteiger partial charge in [-0.05, 0) is 13.8 Å². The molecule has 0 aliphatic carbocycles. The zero-order valence-corrected chi connectivity index (χ0v) is 9.62. The Labute approximate surface area is 87.9 Å². The third-order valence-electron chi connectivity index (χ3n) is 1.66. The van der Waals surface area contributed by atoms with Crippen molar-refractivity contribution < 1.29 is 0 Å². The molecule has 0 aliphatic heterocycles. The number of rotatable bonds is 0. The van der Waals surface area contributed by atoms with Crippen molar-refractivity contribution in [1.29, 1.82) is 0 Å². The van der Waals surface area contributed by atoms with Gasteiger partial charge in [0, 0.05) is 0 Å². The first-order valence-electron chi connectivity index (χ1n) is 5.15. The summed E-state index contributed by atoms with van der Waals surface area (Å²) in [5, 5.41) is 0. The monoisotopic (exact) mass is 188 g/mol. The Kier molecular flexibility index (Phi) is 7.53. The third-order valence-corrected chi connectivity index (χ3v) is 1.66. The summed E-state index contributed by atoms with van der Waals surface area (Å²) in [6.45, 7) is 8.19. The fourth-order valence-electron chi connectivity index (χ4n) is 0.917. The van der Waals surface area contributed by atoms with Crippen LogP contribution in [0.1, 0.15) is 25.0 Å². The standard InChI is InChI=1S/C12H14.C2H6/c1-11-7-5-3-4-6-8-12(2)10-9-11;1-2/h3-10H,1-2H3;1-2H3. The predicted molar refractivity (Wildman–Crippen MR) is 64.9 cm³/mol. The molecule has 76 valence electrons. The molecule has 0 nitrogen and oxygen atoms in total. The molecule has 0 bridgehead atoms. The minimum atomic E-state index is 1.27. The molecule has 0 heterocycles. The molecule has 0 amide bonds. The van der Waals surface area contributed by atoms with Crippen LogP contribution < -0.4 is 0 Å². The molecule has 1 aromatic rings. The first kappa shape index (κ1) is 12.7. The lowest BCUT2D eigenvalue weighted by Crippen LogP contribution is -1.65. The quantitative estimate of drug-likeness (QED) is 0.564. The van der Waals surface area contributed by atoms with E-state index in [1.807, 2.05) is 38.1 Å². The second kappa shape index (κ2) is 8.31. The van der Waals surface area contributed by atoms with E-state index in [0.29, 0.717) is 0 Å². The van der Waals surface area contributed by atoms with E-state index in [0.717, 1.165) is 0 Å². The van der Waals surface area contributed by atoms with E-state index in [1.54, 1.807) is 0 Å². The van der Waals surface area contributed by atoms with Crippen molar-refractivity contribution in [2.24, 2.45) is 0 Å². The minimum absolute atomic E-state index is 1.27. The van der Waals surface area contributed by atoms with Crippen LogP contribution in [0.2, 0.25) is 0 Å². The Bertz CT molecular complexity index is 267. The number of aryl methyl sites for hydroxylation is 2. The lowest BCUT2D eigenvalue weighted by molar-refractivity contribution is 1.44. The van der Waals surface area contributed by atoms with E-state index in [4.69, 9.17) is 0 Å². The van der Waals surface area contributed by atoms with E-state index >= 15 is 0 Å². The average Bonchev–Trinajstić information content (AvgIpc) is 2.23. The summed E-state index contributed by atoms with van der Waals surface area (Å²) in [6.07, 6.45) is 0. The van der Waals surface area contributed by atoms with Gasteiger partial charge in [0.25, 0.3) is 0 Å². The molecule has 1 rings (SSSR count). The molecule has 0 saturated carbocycles. The lowest BCUT2D eigenvalue weighted by Gasteiger charge is -1.85. The fourth-order valence-corrected chi connectivity index (χ4v) is 0.917. The van der Waals surface area contributed by atoms with Crippen LogP contribution in [0.15, 0.2) is 48.5 Å². The summed E-state index contributed by atoms with van der Waals surface area (Å²) in [7, 11) is 0. The van der Waals surface area contributed by atoms with Gasteiger partial charge in [-0.15, -0.1) is 0 Å². The Morgan fingerprint density at radius 3 is 1.29 bits per heavy atom. The lowest BCUT2D eigenvalue weighted by atomic mass is 10.2. The van der Waals surface area contributed by atoms with Crippen LogP contribution in [0.3, 0.4) is 0 Å². The van der Waals surface area contributed by atoms with Crippen LogP contribution >= 0.6 is 0 Å². The van der Waals surface area contributed by atoms with Gasteiger partial charge in [-0.2, -0.15) is 0 Å². The Morgan fingerprint density at radius 2 is 0.929 bits per heavy atom. The fraction of sp³-hybridized carbons (Fsp3) is 0.286. The highest BCUT2D eigenvalue weighted by molar-refractivity contribution is 5.14. The predicted octanol–water partition coefficient (Wildman–Crippen LogP) is 4.45. The van der Waals surface area contributed by atoms with E-state index in [9.17, 15) is 0 Å². The minimum Gasteiger partial charge on any atom is -0.0683 e. The normalized spacial score (nSPS) is 8.00. The molecule has 0 saturated heterocycles. The molecule has 0 spiro atoms. The molecule has 14 heavy (non-hydrogen) atoms. The van der Waals surface area contributed by atoms with Gasteiger partial charge >= 0.3 is 0 Å². The molecule has 1 aromatic carbocycles. The van der Waals surface area contributed by atoms with Crippen LogP contribution in [-0.4, -0.2) is 0 Å². The van der Waals surface area contributed by atoms with Gasteiger partial charge in [-0.25, -0.2) is 0 Å². The Hall–Kier alpha value is -1.30. The van der Waals surface area contributed by atoms with Crippen LogP contribution in [0, 0.1) is 13.8 Å². The first-order chi connectivity index (χ1) is 6.79. The SMILES string of the molecule is CC.Cc1ccccccc(C)cc1. The number of hydrogen-bond acceptors (Lipinski definition) is 0. The zero-order chi connectivity index (χ0) is 10.8. The highest BCUT2D eigenvalue weighted by Gasteiger charge is 1.75. The number of hydrogen-bond donors (Lipinski definition) is 0. The Morgan fingerprint density at radius 1 is 0.571 bits per heavy atom. The molecule has 0 unspecified atom stereocenters. The van der Waals surface area contributed by atoms with Gasteiger partial charge < -0.3 is 0 Å². The second-order valence-corrected chi connectivity index (χ2v) is 2.92. The highest BCUT2D eigenvalue weighted by Crippen LogP contribution is 1.95. The van der Waals surface area contributed by atoms with Crippen LogP contribution in [-0.2, 0) is 0 Å². The largest absolute Gasteiger partial charge is 0.0683 e. The van der Waals surface area contributed by atoms with Crippen molar-refractivity contribution in [3.8, 4) is 0 Å². The van der Waals surface area contributed by atoms with Crippen molar-refractivity contribution in [2.45, 2.75) is 27.7 Å². The summed E-state index contributed by atoms with van der Waals surface area (Å²) < 4.78 is 0. The summed E-state index contributed by atoms with van der Waals surface area (Å²) >= 11 is 0. The second-order valence-electron chi connectivity index (χ2n) is 2.92. The van der Waals surface area contributed by atoms with E-state index in [2.05, 4.69) is 38.1 Å². The topological polar surface area (TPSA) is 0 Å². The van der Waals surface area contributed by atoms with E-state index in [1.165, 1.54) is 11.1 Å². The smallest absolute Gasteiger partial charge is 0.0398 e. The van der Waals surface area contributed by atoms with Crippen LogP contribution in [0.25, 0.3) is 0 Å². The molecule has 0 fully saturated rings. The highest BCUT2D eigenvalue weighted by atomic mass is 13.8. The van der Waals surface area contributed by atoms with Crippen molar-refractivity contribution in [1.82, 2.24) is 0 Å². The molecular formula is C14H20. The van der Waals surface area contributed by atoms with Gasteiger partial charge in [0.15, 0.2) is 0 Å². The van der Waals surface area contributed by atoms with Gasteiger partial charge in [0.2, 0.25) is 0 Å².